The number of piperidine rings is 1. The number of hydrogen-bond donors (Lipinski definition) is 1. The Labute approximate surface area is 164 Å². The number of urea groups is 1. The molecule has 1 N–H and O–H groups in total. The molecular weight excluding hydrogens is 356 g/mol. The van der Waals surface area contributed by atoms with Gasteiger partial charge in [0.05, 0.1) is 18.6 Å². The number of carbonyl (C=O) groups excluding carboxylic acids is 2. The summed E-state index contributed by atoms with van der Waals surface area (Å²) >= 11 is 0. The lowest BCUT2D eigenvalue weighted by atomic mass is 9.88. The van der Waals surface area contributed by atoms with E-state index in [1.807, 2.05) is 66.4 Å². The van der Waals surface area contributed by atoms with Crippen LogP contribution in [0.25, 0.3) is 5.69 Å². The van der Waals surface area contributed by atoms with Crippen LogP contribution in [0.1, 0.15) is 18.4 Å². The number of nitrogens with one attached hydrogen (secondary N) is 1. The summed E-state index contributed by atoms with van der Waals surface area (Å²) in [6, 6.07) is 9.61. The number of carbonyl (C=O) groups is 2. The number of imide groups is 1. The first-order valence-corrected chi connectivity index (χ1v) is 9.57. The zero-order chi connectivity index (χ0) is 19.7. The van der Waals surface area contributed by atoms with Gasteiger partial charge in [-0.25, -0.2) is 14.4 Å². The van der Waals surface area contributed by atoms with Gasteiger partial charge < -0.3 is 10.2 Å². The maximum absolute atomic E-state index is 13.0. The lowest BCUT2D eigenvalue weighted by molar-refractivity contribution is -0.134. The van der Waals surface area contributed by atoms with Crippen LogP contribution in [0.5, 0.6) is 0 Å². The molecule has 28 heavy (non-hydrogen) atoms. The standard InChI is InChI=1S/C20H26N6O2/c1-23-10-8-20(9-11-23)18(27)25(19(28)22-20)15-24(2)13-16-12-21-26(14-16)17-6-4-3-5-7-17/h3-7,12,14H,8-11,13,15H2,1-2H3,(H,22,28). The van der Waals surface area contributed by atoms with Gasteiger partial charge in [-0.3, -0.25) is 9.69 Å². The molecule has 2 aliphatic rings. The van der Waals surface area contributed by atoms with E-state index in [2.05, 4.69) is 15.3 Å². The van der Waals surface area contributed by atoms with Gasteiger partial charge in [0.2, 0.25) is 0 Å². The molecular formula is C20H26N6O2. The number of nitrogens with zero attached hydrogens (tertiary/aromatic N) is 5. The third kappa shape index (κ3) is 3.53. The summed E-state index contributed by atoms with van der Waals surface area (Å²) in [6.07, 6.45) is 5.11. The fraction of sp³-hybridized carbons (Fsp3) is 0.450. The molecule has 148 valence electrons. The second-order valence-electron chi connectivity index (χ2n) is 7.83. The fourth-order valence-electron chi connectivity index (χ4n) is 3.91. The summed E-state index contributed by atoms with van der Waals surface area (Å²) in [5.41, 5.74) is 1.30. The second-order valence-corrected chi connectivity index (χ2v) is 7.83. The van der Waals surface area contributed by atoms with Crippen molar-refractivity contribution >= 4 is 11.9 Å². The minimum absolute atomic E-state index is 0.0996. The third-order valence-corrected chi connectivity index (χ3v) is 5.58. The molecule has 0 atom stereocenters. The Morgan fingerprint density at radius 2 is 1.89 bits per heavy atom. The molecule has 0 radical (unpaired) electrons. The highest BCUT2D eigenvalue weighted by Crippen LogP contribution is 2.29. The van der Waals surface area contributed by atoms with Crippen LogP contribution in [0.2, 0.25) is 0 Å². The van der Waals surface area contributed by atoms with E-state index < -0.39 is 5.54 Å². The summed E-state index contributed by atoms with van der Waals surface area (Å²) in [5, 5.41) is 7.35. The van der Waals surface area contributed by atoms with Crippen molar-refractivity contribution in [1.29, 1.82) is 0 Å². The molecule has 1 aromatic carbocycles. The van der Waals surface area contributed by atoms with Crippen LogP contribution in [0.15, 0.2) is 42.7 Å². The summed E-state index contributed by atoms with van der Waals surface area (Å²) < 4.78 is 1.82. The molecule has 4 rings (SSSR count). The van der Waals surface area contributed by atoms with Gasteiger partial charge in [-0.1, -0.05) is 18.2 Å². The molecule has 0 saturated carbocycles. The molecule has 0 bridgehead atoms. The summed E-state index contributed by atoms with van der Waals surface area (Å²) in [6.45, 7) is 2.49. The zero-order valence-corrected chi connectivity index (χ0v) is 16.3. The van der Waals surface area contributed by atoms with E-state index in [4.69, 9.17) is 0 Å². The largest absolute Gasteiger partial charge is 0.326 e. The Morgan fingerprint density at radius 3 is 2.61 bits per heavy atom. The molecule has 8 heteroatoms. The van der Waals surface area contributed by atoms with Crippen molar-refractivity contribution < 1.29 is 9.59 Å². The average molecular weight is 382 g/mol. The van der Waals surface area contributed by atoms with Crippen LogP contribution < -0.4 is 5.32 Å². The quantitative estimate of drug-likeness (QED) is 0.789. The lowest BCUT2D eigenvalue weighted by Gasteiger charge is -2.35. The third-order valence-electron chi connectivity index (χ3n) is 5.58. The predicted octanol–water partition coefficient (Wildman–Crippen LogP) is 1.28. The number of benzene rings is 1. The molecule has 1 spiro atoms. The summed E-state index contributed by atoms with van der Waals surface area (Å²) in [7, 11) is 3.94. The highest BCUT2D eigenvalue weighted by molar-refractivity contribution is 6.07. The molecule has 3 heterocycles. The van der Waals surface area contributed by atoms with Crippen molar-refractivity contribution in [2.45, 2.75) is 24.9 Å². The van der Waals surface area contributed by atoms with Gasteiger partial charge in [-0.15, -0.1) is 0 Å². The van der Waals surface area contributed by atoms with Crippen molar-refractivity contribution in [3.63, 3.8) is 0 Å². The van der Waals surface area contributed by atoms with E-state index in [0.29, 0.717) is 19.4 Å². The van der Waals surface area contributed by atoms with E-state index in [9.17, 15) is 9.59 Å². The highest BCUT2D eigenvalue weighted by atomic mass is 16.2. The SMILES string of the molecule is CN1CCC2(CC1)NC(=O)N(CN(C)Cc1cnn(-c3ccccc3)c1)C2=O. The van der Waals surface area contributed by atoms with E-state index >= 15 is 0 Å². The van der Waals surface area contributed by atoms with Gasteiger partial charge in [-0.05, 0) is 39.1 Å². The first-order chi connectivity index (χ1) is 13.5. The van der Waals surface area contributed by atoms with Gasteiger partial charge in [-0.2, -0.15) is 5.10 Å². The van der Waals surface area contributed by atoms with Crippen LogP contribution in [-0.2, 0) is 11.3 Å². The minimum Gasteiger partial charge on any atom is -0.323 e. The van der Waals surface area contributed by atoms with Gasteiger partial charge in [0.15, 0.2) is 0 Å². The number of hydrogen-bond acceptors (Lipinski definition) is 5. The molecule has 3 amide bonds. The topological polar surface area (TPSA) is 73.7 Å². The van der Waals surface area contributed by atoms with E-state index in [1.165, 1.54) is 4.90 Å². The van der Waals surface area contributed by atoms with E-state index in [-0.39, 0.29) is 18.6 Å². The van der Waals surface area contributed by atoms with Crippen LogP contribution >= 0.6 is 0 Å². The Bertz CT molecular complexity index is 857. The van der Waals surface area contributed by atoms with Crippen molar-refractivity contribution in [1.82, 2.24) is 29.8 Å². The molecule has 2 aromatic rings. The van der Waals surface area contributed by atoms with Gasteiger partial charge in [0.1, 0.15) is 5.54 Å². The monoisotopic (exact) mass is 382 g/mol. The number of para-hydroxylation sites is 1. The molecule has 0 aliphatic carbocycles. The number of amides is 3. The van der Waals surface area contributed by atoms with Gasteiger partial charge in [0.25, 0.3) is 5.91 Å². The summed E-state index contributed by atoms with van der Waals surface area (Å²) in [5.74, 6) is -0.0996. The number of likely N-dealkylation sites (tertiary alicyclic amines) is 1. The Balaban J connectivity index is 1.39. The first kappa shape index (κ1) is 18.6. The first-order valence-electron chi connectivity index (χ1n) is 9.57. The van der Waals surface area contributed by atoms with Crippen LogP contribution in [0, 0.1) is 0 Å². The predicted molar refractivity (Wildman–Crippen MR) is 105 cm³/mol. The number of rotatable bonds is 5. The Morgan fingerprint density at radius 1 is 1.18 bits per heavy atom. The molecule has 0 unspecified atom stereocenters. The summed E-state index contributed by atoms with van der Waals surface area (Å²) in [4.78, 5) is 30.9. The molecule has 1 aromatic heterocycles. The highest BCUT2D eigenvalue weighted by Gasteiger charge is 2.52. The van der Waals surface area contributed by atoms with Crippen molar-refractivity contribution in [3.05, 3.63) is 48.3 Å². The van der Waals surface area contributed by atoms with Crippen LogP contribution in [0.4, 0.5) is 4.79 Å². The van der Waals surface area contributed by atoms with Crippen LogP contribution in [-0.4, -0.2) is 75.8 Å². The molecule has 8 nitrogen and oxygen atoms in total. The fourth-order valence-corrected chi connectivity index (χ4v) is 3.91. The van der Waals surface area contributed by atoms with Crippen molar-refractivity contribution in [2.75, 3.05) is 33.9 Å². The molecule has 2 fully saturated rings. The minimum atomic E-state index is -0.720. The Hall–Kier alpha value is -2.71. The van der Waals surface area contributed by atoms with Crippen molar-refractivity contribution in [2.24, 2.45) is 0 Å². The lowest BCUT2D eigenvalue weighted by Crippen LogP contribution is -2.54. The normalized spacial score (nSPS) is 19.6. The van der Waals surface area contributed by atoms with Gasteiger partial charge >= 0.3 is 6.03 Å². The van der Waals surface area contributed by atoms with Crippen molar-refractivity contribution in [3.8, 4) is 5.69 Å². The Kier molecular flexibility index (Phi) is 4.91. The molecule has 2 aliphatic heterocycles. The van der Waals surface area contributed by atoms with Crippen LogP contribution in [0.3, 0.4) is 0 Å². The number of aromatic nitrogens is 2. The van der Waals surface area contributed by atoms with Gasteiger partial charge in [0, 0.05) is 31.4 Å². The van der Waals surface area contributed by atoms with E-state index in [1.54, 1.807) is 0 Å². The molecule has 2 saturated heterocycles. The average Bonchev–Trinajstić information content (AvgIpc) is 3.24. The maximum Gasteiger partial charge on any atom is 0.326 e. The smallest absolute Gasteiger partial charge is 0.323 e. The maximum atomic E-state index is 13.0. The van der Waals surface area contributed by atoms with E-state index in [0.717, 1.165) is 24.3 Å². The zero-order valence-electron chi connectivity index (χ0n) is 16.3. The second kappa shape index (κ2) is 7.37.